The number of rotatable bonds is 6. The lowest BCUT2D eigenvalue weighted by Gasteiger charge is -2.18. The summed E-state index contributed by atoms with van der Waals surface area (Å²) < 4.78 is 58.8. The van der Waals surface area contributed by atoms with E-state index in [9.17, 15) is 21.6 Å². The Morgan fingerprint density at radius 2 is 1.93 bits per heavy atom. The van der Waals surface area contributed by atoms with Gasteiger partial charge in [-0.1, -0.05) is 36.8 Å². The van der Waals surface area contributed by atoms with Gasteiger partial charge in [0.1, 0.15) is 10.6 Å². The maximum atomic E-state index is 12.9. The van der Waals surface area contributed by atoms with E-state index in [1.807, 2.05) is 25.1 Å². The molecule has 3 rings (SSSR count). The van der Waals surface area contributed by atoms with Crippen LogP contribution in [0.1, 0.15) is 18.1 Å². The van der Waals surface area contributed by atoms with Crippen molar-refractivity contribution < 1.29 is 26.4 Å². The summed E-state index contributed by atoms with van der Waals surface area (Å²) in [7, 11) is -6.58. The largest absolute Gasteiger partial charge is 0.495 e. The predicted molar refractivity (Wildman–Crippen MR) is 109 cm³/mol. The van der Waals surface area contributed by atoms with E-state index in [2.05, 4.69) is 4.72 Å². The number of ether oxygens (including phenoxy) is 1. The number of methoxy groups -OCH3 is 1. The normalized spacial score (nSPS) is 18.8. The van der Waals surface area contributed by atoms with Crippen LogP contribution in [0.3, 0.4) is 0 Å². The number of nitrogens with one attached hydrogen (secondary N) is 1. The summed E-state index contributed by atoms with van der Waals surface area (Å²) >= 11 is 0. The van der Waals surface area contributed by atoms with Crippen LogP contribution in [-0.4, -0.2) is 35.6 Å². The van der Waals surface area contributed by atoms with Crippen molar-refractivity contribution in [1.29, 1.82) is 0 Å². The van der Waals surface area contributed by atoms with E-state index < -0.39 is 31.9 Å². The Bertz CT molecular complexity index is 1160. The lowest BCUT2D eigenvalue weighted by Crippen LogP contribution is -2.31. The maximum Gasteiger partial charge on any atom is 0.244 e. The highest BCUT2D eigenvalue weighted by atomic mass is 32.2. The van der Waals surface area contributed by atoms with Gasteiger partial charge in [-0.2, -0.15) is 0 Å². The molecule has 1 N–H and O–H groups in total. The highest BCUT2D eigenvalue weighted by molar-refractivity contribution is 7.94. The van der Waals surface area contributed by atoms with Gasteiger partial charge in [-0.25, -0.2) is 25.9 Å². The highest BCUT2D eigenvalue weighted by Crippen LogP contribution is 2.33. The van der Waals surface area contributed by atoms with Crippen LogP contribution in [0, 0.1) is 12.8 Å². The summed E-state index contributed by atoms with van der Waals surface area (Å²) in [5, 5.41) is 0. The molecule has 1 amide bonds. The van der Waals surface area contributed by atoms with E-state index in [1.165, 1.54) is 26.2 Å². The zero-order valence-corrected chi connectivity index (χ0v) is 17.9. The van der Waals surface area contributed by atoms with Gasteiger partial charge in [-0.3, -0.25) is 4.79 Å². The van der Waals surface area contributed by atoms with Gasteiger partial charge in [-0.15, -0.1) is 0 Å². The molecule has 156 valence electrons. The second kappa shape index (κ2) is 7.77. The van der Waals surface area contributed by atoms with Gasteiger partial charge in [0.15, 0.2) is 0 Å². The van der Waals surface area contributed by atoms with Crippen molar-refractivity contribution in [3.05, 3.63) is 53.6 Å². The van der Waals surface area contributed by atoms with Crippen molar-refractivity contribution in [3.8, 4) is 5.75 Å². The first-order valence-electron chi connectivity index (χ1n) is 8.85. The molecule has 0 saturated carbocycles. The van der Waals surface area contributed by atoms with Crippen LogP contribution in [0.25, 0.3) is 0 Å². The Kier molecular flexibility index (Phi) is 5.70. The monoisotopic (exact) mass is 438 g/mol. The van der Waals surface area contributed by atoms with Gasteiger partial charge >= 0.3 is 0 Å². The topological polar surface area (TPSA) is 110 Å². The molecule has 2 aromatic carbocycles. The summed E-state index contributed by atoms with van der Waals surface area (Å²) in [4.78, 5) is 12.1. The van der Waals surface area contributed by atoms with Crippen LogP contribution in [-0.2, 0) is 31.4 Å². The number of sulfonamides is 2. The van der Waals surface area contributed by atoms with Crippen molar-refractivity contribution >= 4 is 31.6 Å². The first-order chi connectivity index (χ1) is 13.5. The molecule has 8 nitrogen and oxygen atoms in total. The molecule has 2 aromatic rings. The second-order valence-electron chi connectivity index (χ2n) is 6.93. The fourth-order valence-electron chi connectivity index (χ4n) is 3.17. The number of carbonyl (C=O) groups is 1. The third kappa shape index (κ3) is 4.29. The van der Waals surface area contributed by atoms with Gasteiger partial charge in [0.05, 0.1) is 24.5 Å². The predicted octanol–water partition coefficient (Wildman–Crippen LogP) is 1.79. The zero-order valence-electron chi connectivity index (χ0n) is 16.2. The molecule has 10 heteroatoms. The Labute approximate surface area is 170 Å². The Balaban J connectivity index is 1.97. The number of nitrogens with zero attached hydrogens (tertiary/aromatic N) is 1. The number of hydrogen-bond acceptors (Lipinski definition) is 6. The van der Waals surface area contributed by atoms with Gasteiger partial charge in [-0.05, 0) is 30.7 Å². The lowest BCUT2D eigenvalue weighted by molar-refractivity contribution is -0.119. The van der Waals surface area contributed by atoms with Crippen LogP contribution >= 0.6 is 0 Å². The summed E-state index contributed by atoms with van der Waals surface area (Å²) in [5.74, 6) is -1.55. The average Bonchev–Trinajstić information content (AvgIpc) is 2.86. The molecule has 0 bridgehead atoms. The molecule has 1 atom stereocenters. The minimum Gasteiger partial charge on any atom is -0.495 e. The maximum absolute atomic E-state index is 12.9. The minimum atomic E-state index is -4.04. The summed E-state index contributed by atoms with van der Waals surface area (Å²) in [6, 6.07) is 11.2. The van der Waals surface area contributed by atoms with Crippen molar-refractivity contribution in [2.45, 2.75) is 25.3 Å². The molecule has 1 aliphatic heterocycles. The fraction of sp³-hybridized carbons (Fsp3) is 0.316. The van der Waals surface area contributed by atoms with Crippen molar-refractivity contribution in [2.75, 3.05) is 17.2 Å². The summed E-state index contributed by atoms with van der Waals surface area (Å²) in [6.45, 7) is 3.47. The van der Waals surface area contributed by atoms with Crippen molar-refractivity contribution in [1.82, 2.24) is 4.72 Å². The van der Waals surface area contributed by atoms with Crippen LogP contribution in [0.4, 0.5) is 5.69 Å². The smallest absolute Gasteiger partial charge is 0.244 e. The number of carbonyl (C=O) groups excluding carboxylic acids is 1. The first kappa shape index (κ1) is 21.3. The minimum absolute atomic E-state index is 0.0314. The highest BCUT2D eigenvalue weighted by Gasteiger charge is 2.42. The zero-order chi connectivity index (χ0) is 21.4. The number of aryl methyl sites for hydroxylation is 1. The number of hydrogen-bond donors (Lipinski definition) is 1. The van der Waals surface area contributed by atoms with Gasteiger partial charge in [0, 0.05) is 6.54 Å². The second-order valence-corrected chi connectivity index (χ2v) is 10.5. The van der Waals surface area contributed by atoms with E-state index in [0.29, 0.717) is 4.31 Å². The summed E-state index contributed by atoms with van der Waals surface area (Å²) in [6.07, 6.45) is 0. The molecule has 1 heterocycles. The number of anilines is 1. The van der Waals surface area contributed by atoms with E-state index in [0.717, 1.165) is 17.2 Å². The molecule has 0 aromatic heterocycles. The first-order valence-corrected chi connectivity index (χ1v) is 11.9. The standard InChI is InChI=1S/C19H22N2O6S2/c1-13-5-4-6-15(9-13)11-20-29(25,26)18-10-16(7-8-17(18)27-3)21-19(22)14(2)12-28(21,23)24/h4-10,14,20H,11-12H2,1-3H3. The SMILES string of the molecule is COc1ccc(N2C(=O)C(C)CS2(=O)=O)cc1S(=O)(=O)NCc1cccc(C)c1. The molecule has 0 radical (unpaired) electrons. The van der Waals surface area contributed by atoms with Crippen LogP contribution in [0.15, 0.2) is 47.4 Å². The Morgan fingerprint density at radius 3 is 2.52 bits per heavy atom. The number of benzene rings is 2. The van der Waals surface area contributed by atoms with E-state index in [-0.39, 0.29) is 28.6 Å². The molecule has 0 spiro atoms. The van der Waals surface area contributed by atoms with Crippen molar-refractivity contribution in [3.63, 3.8) is 0 Å². The Morgan fingerprint density at radius 1 is 1.21 bits per heavy atom. The van der Waals surface area contributed by atoms with Crippen LogP contribution in [0.2, 0.25) is 0 Å². The Hall–Kier alpha value is -2.43. The molecule has 1 unspecified atom stereocenters. The third-order valence-corrected chi connectivity index (χ3v) is 7.87. The van der Waals surface area contributed by atoms with Gasteiger partial charge < -0.3 is 4.74 Å². The molecule has 29 heavy (non-hydrogen) atoms. The molecule has 1 saturated heterocycles. The third-order valence-electron chi connectivity index (χ3n) is 4.58. The van der Waals surface area contributed by atoms with Gasteiger partial charge in [0.25, 0.3) is 0 Å². The van der Waals surface area contributed by atoms with E-state index in [1.54, 1.807) is 6.07 Å². The molecular formula is C19H22N2O6S2. The quantitative estimate of drug-likeness (QED) is 0.736. The number of amides is 1. The average molecular weight is 439 g/mol. The lowest BCUT2D eigenvalue weighted by atomic mass is 10.1. The summed E-state index contributed by atoms with van der Waals surface area (Å²) in [5.41, 5.74) is 1.74. The molecular weight excluding hydrogens is 416 g/mol. The fourth-order valence-corrected chi connectivity index (χ4v) is 6.18. The van der Waals surface area contributed by atoms with Crippen molar-refractivity contribution in [2.24, 2.45) is 5.92 Å². The molecule has 0 aliphatic carbocycles. The van der Waals surface area contributed by atoms with E-state index in [4.69, 9.17) is 4.74 Å². The molecule has 1 aliphatic rings. The van der Waals surface area contributed by atoms with E-state index >= 15 is 0 Å². The molecule has 1 fully saturated rings. The van der Waals surface area contributed by atoms with Crippen LogP contribution in [0.5, 0.6) is 5.75 Å². The van der Waals surface area contributed by atoms with Crippen LogP contribution < -0.4 is 13.8 Å². The van der Waals surface area contributed by atoms with Gasteiger partial charge in [0.2, 0.25) is 26.0 Å².